The minimum atomic E-state index is -0.350. The van der Waals surface area contributed by atoms with Gasteiger partial charge < -0.3 is 19.9 Å². The Kier molecular flexibility index (Phi) is 6.26. The number of nitrogens with one attached hydrogen (secondary N) is 1. The molecule has 0 bridgehead atoms. The van der Waals surface area contributed by atoms with Crippen molar-refractivity contribution < 1.29 is 19.1 Å². The molecule has 0 aromatic carbocycles. The SMILES string of the molecule is CCOC(=O)N1CCN(C(=O)c2cncc(C(=O)NC3CCCC3)c2)CC1. The zero-order chi connectivity index (χ0) is 19.2. The van der Waals surface area contributed by atoms with E-state index in [2.05, 4.69) is 10.3 Å². The second kappa shape index (κ2) is 8.83. The van der Waals surface area contributed by atoms with Gasteiger partial charge in [0.25, 0.3) is 11.8 Å². The third-order valence-corrected chi connectivity index (χ3v) is 5.03. The predicted octanol–water partition coefficient (Wildman–Crippen LogP) is 1.67. The summed E-state index contributed by atoms with van der Waals surface area (Å²) in [6.45, 7) is 3.81. The van der Waals surface area contributed by atoms with Gasteiger partial charge in [-0.2, -0.15) is 0 Å². The van der Waals surface area contributed by atoms with Crippen molar-refractivity contribution in [1.29, 1.82) is 0 Å². The van der Waals surface area contributed by atoms with Gasteiger partial charge in [-0.3, -0.25) is 14.6 Å². The van der Waals surface area contributed by atoms with E-state index in [1.54, 1.807) is 22.8 Å². The molecule has 0 radical (unpaired) electrons. The van der Waals surface area contributed by atoms with Crippen LogP contribution in [-0.2, 0) is 4.74 Å². The molecule has 1 aromatic heterocycles. The molecule has 1 aromatic rings. The van der Waals surface area contributed by atoms with Gasteiger partial charge in [0.15, 0.2) is 0 Å². The second-order valence-electron chi connectivity index (χ2n) is 6.90. The number of hydrogen-bond acceptors (Lipinski definition) is 5. The average molecular weight is 374 g/mol. The van der Waals surface area contributed by atoms with Crippen LogP contribution in [0.5, 0.6) is 0 Å². The monoisotopic (exact) mass is 374 g/mol. The summed E-state index contributed by atoms with van der Waals surface area (Å²) in [5.74, 6) is -0.363. The summed E-state index contributed by atoms with van der Waals surface area (Å²) in [6.07, 6.45) is 6.90. The zero-order valence-corrected chi connectivity index (χ0v) is 15.6. The van der Waals surface area contributed by atoms with Gasteiger partial charge in [-0.05, 0) is 25.8 Å². The molecule has 3 amide bonds. The lowest BCUT2D eigenvalue weighted by atomic mass is 10.1. The maximum Gasteiger partial charge on any atom is 0.409 e. The highest BCUT2D eigenvalue weighted by molar-refractivity contribution is 5.99. The van der Waals surface area contributed by atoms with Gasteiger partial charge in [-0.1, -0.05) is 12.8 Å². The molecule has 8 heteroatoms. The number of hydrogen-bond donors (Lipinski definition) is 1. The highest BCUT2D eigenvalue weighted by atomic mass is 16.6. The maximum absolute atomic E-state index is 12.7. The van der Waals surface area contributed by atoms with Crippen LogP contribution in [0.15, 0.2) is 18.5 Å². The zero-order valence-electron chi connectivity index (χ0n) is 15.6. The minimum absolute atomic E-state index is 0.179. The highest BCUT2D eigenvalue weighted by Crippen LogP contribution is 2.18. The average Bonchev–Trinajstić information content (AvgIpc) is 3.21. The van der Waals surface area contributed by atoms with E-state index < -0.39 is 0 Å². The highest BCUT2D eigenvalue weighted by Gasteiger charge is 2.26. The van der Waals surface area contributed by atoms with Gasteiger partial charge in [0.2, 0.25) is 0 Å². The third kappa shape index (κ3) is 4.75. The number of rotatable bonds is 4. The molecule has 3 rings (SSSR count). The number of pyridine rings is 1. The standard InChI is InChI=1S/C19H26N4O4/c1-2-27-19(26)23-9-7-22(8-10-23)18(25)15-11-14(12-20-13-15)17(24)21-16-5-3-4-6-16/h11-13,16H,2-10H2,1H3,(H,21,24). The molecule has 1 N–H and O–H groups in total. The van der Waals surface area contributed by atoms with Gasteiger partial charge in [0, 0.05) is 44.6 Å². The van der Waals surface area contributed by atoms with E-state index in [4.69, 9.17) is 4.74 Å². The molecule has 2 fully saturated rings. The van der Waals surface area contributed by atoms with Crippen LogP contribution in [0.4, 0.5) is 4.79 Å². The van der Waals surface area contributed by atoms with Crippen molar-refractivity contribution >= 4 is 17.9 Å². The van der Waals surface area contributed by atoms with Crippen LogP contribution < -0.4 is 5.32 Å². The van der Waals surface area contributed by atoms with Crippen LogP contribution in [-0.4, -0.2) is 71.5 Å². The quantitative estimate of drug-likeness (QED) is 0.865. The van der Waals surface area contributed by atoms with Crippen molar-refractivity contribution in [2.75, 3.05) is 32.8 Å². The van der Waals surface area contributed by atoms with E-state index in [0.29, 0.717) is 43.9 Å². The van der Waals surface area contributed by atoms with Crippen molar-refractivity contribution in [3.63, 3.8) is 0 Å². The van der Waals surface area contributed by atoms with E-state index in [9.17, 15) is 14.4 Å². The molecule has 0 atom stereocenters. The first-order chi connectivity index (χ1) is 13.1. The number of carbonyl (C=O) groups is 3. The molecule has 0 unspecified atom stereocenters. The number of amides is 3. The van der Waals surface area contributed by atoms with Gasteiger partial charge in [0.05, 0.1) is 17.7 Å². The lowest BCUT2D eigenvalue weighted by Gasteiger charge is -2.34. The van der Waals surface area contributed by atoms with E-state index in [0.717, 1.165) is 25.7 Å². The van der Waals surface area contributed by atoms with Gasteiger partial charge >= 0.3 is 6.09 Å². The summed E-state index contributed by atoms with van der Waals surface area (Å²) in [5.41, 5.74) is 0.788. The van der Waals surface area contributed by atoms with Gasteiger partial charge in [-0.25, -0.2) is 4.79 Å². The van der Waals surface area contributed by atoms with Gasteiger partial charge in [-0.15, -0.1) is 0 Å². The van der Waals surface area contributed by atoms with Crippen LogP contribution in [0, 0.1) is 0 Å². The first-order valence-electron chi connectivity index (χ1n) is 9.55. The first kappa shape index (κ1) is 19.1. The first-order valence-corrected chi connectivity index (χ1v) is 9.55. The summed E-state index contributed by atoms with van der Waals surface area (Å²) in [7, 11) is 0. The fourth-order valence-corrected chi connectivity index (χ4v) is 3.51. The number of piperazine rings is 1. The Balaban J connectivity index is 1.59. The van der Waals surface area contributed by atoms with Crippen LogP contribution in [0.2, 0.25) is 0 Å². The molecular weight excluding hydrogens is 348 g/mol. The van der Waals surface area contributed by atoms with E-state index >= 15 is 0 Å². The Morgan fingerprint density at radius 3 is 2.37 bits per heavy atom. The molecule has 1 aliphatic heterocycles. The Morgan fingerprint density at radius 1 is 1.07 bits per heavy atom. The Morgan fingerprint density at radius 2 is 1.70 bits per heavy atom. The maximum atomic E-state index is 12.7. The molecule has 1 aliphatic carbocycles. The lowest BCUT2D eigenvalue weighted by Crippen LogP contribution is -2.50. The largest absolute Gasteiger partial charge is 0.450 e. The molecule has 2 aliphatic rings. The molecule has 2 heterocycles. The third-order valence-electron chi connectivity index (χ3n) is 5.03. The number of nitrogens with zero attached hydrogens (tertiary/aromatic N) is 3. The van der Waals surface area contributed by atoms with Crippen molar-refractivity contribution in [3.05, 3.63) is 29.6 Å². The molecule has 0 spiro atoms. The van der Waals surface area contributed by atoms with Crippen LogP contribution in [0.25, 0.3) is 0 Å². The number of carbonyl (C=O) groups excluding carboxylic acids is 3. The molecule has 8 nitrogen and oxygen atoms in total. The number of aromatic nitrogens is 1. The summed E-state index contributed by atoms with van der Waals surface area (Å²) in [4.78, 5) is 44.2. The van der Waals surface area contributed by atoms with Crippen molar-refractivity contribution in [3.8, 4) is 0 Å². The Labute approximate surface area is 158 Å². The fraction of sp³-hybridized carbons (Fsp3) is 0.579. The summed E-state index contributed by atoms with van der Waals surface area (Å²) < 4.78 is 4.99. The van der Waals surface area contributed by atoms with E-state index in [-0.39, 0.29) is 23.9 Å². The molecular formula is C19H26N4O4. The smallest absolute Gasteiger partial charge is 0.409 e. The normalized spacial score (nSPS) is 17.7. The lowest BCUT2D eigenvalue weighted by molar-refractivity contribution is 0.0570. The van der Waals surface area contributed by atoms with Crippen LogP contribution in [0.3, 0.4) is 0 Å². The topological polar surface area (TPSA) is 91.8 Å². The van der Waals surface area contributed by atoms with Crippen molar-refractivity contribution in [1.82, 2.24) is 20.1 Å². The summed E-state index contributed by atoms with van der Waals surface area (Å²) in [6, 6.07) is 1.81. The second-order valence-corrected chi connectivity index (χ2v) is 6.90. The summed E-state index contributed by atoms with van der Waals surface area (Å²) in [5, 5.41) is 3.01. The number of ether oxygens (including phenoxy) is 1. The molecule has 1 saturated carbocycles. The molecule has 1 saturated heterocycles. The van der Waals surface area contributed by atoms with E-state index in [1.165, 1.54) is 12.4 Å². The fourth-order valence-electron chi connectivity index (χ4n) is 3.51. The Bertz CT molecular complexity index is 695. The van der Waals surface area contributed by atoms with Crippen LogP contribution >= 0.6 is 0 Å². The van der Waals surface area contributed by atoms with Gasteiger partial charge in [0.1, 0.15) is 0 Å². The minimum Gasteiger partial charge on any atom is -0.450 e. The van der Waals surface area contributed by atoms with Crippen molar-refractivity contribution in [2.45, 2.75) is 38.6 Å². The summed E-state index contributed by atoms with van der Waals surface area (Å²) >= 11 is 0. The van der Waals surface area contributed by atoms with Crippen molar-refractivity contribution in [2.24, 2.45) is 0 Å². The van der Waals surface area contributed by atoms with E-state index in [1.807, 2.05) is 0 Å². The molecule has 146 valence electrons. The van der Waals surface area contributed by atoms with Crippen LogP contribution in [0.1, 0.15) is 53.3 Å². The Hall–Kier alpha value is -2.64. The predicted molar refractivity (Wildman–Crippen MR) is 98.5 cm³/mol. The molecule has 27 heavy (non-hydrogen) atoms.